The van der Waals surface area contributed by atoms with Crippen molar-refractivity contribution in [2.24, 2.45) is 0 Å². The van der Waals surface area contributed by atoms with E-state index in [1.807, 2.05) is 11.3 Å². The molecule has 1 aromatic heterocycles. The minimum atomic E-state index is 0.778. The highest BCUT2D eigenvalue weighted by Gasteiger charge is 2.24. The maximum absolute atomic E-state index is 5.67. The first-order valence-corrected chi connectivity index (χ1v) is 12.3. The molecule has 0 saturated carbocycles. The van der Waals surface area contributed by atoms with Gasteiger partial charge >= 0.3 is 0 Å². The number of aryl methyl sites for hydroxylation is 1. The van der Waals surface area contributed by atoms with Gasteiger partial charge in [0.25, 0.3) is 0 Å². The molecular weight excluding hydrogens is 404 g/mol. The average molecular weight is 433 g/mol. The molecule has 1 saturated heterocycles. The summed E-state index contributed by atoms with van der Waals surface area (Å²) < 4.78 is 1.35. The van der Waals surface area contributed by atoms with E-state index in [0.717, 1.165) is 28.8 Å². The molecule has 1 N–H and O–H groups in total. The summed E-state index contributed by atoms with van der Waals surface area (Å²) in [5.41, 5.74) is 6.30. The van der Waals surface area contributed by atoms with Gasteiger partial charge in [0.15, 0.2) is 0 Å². The van der Waals surface area contributed by atoms with Gasteiger partial charge in [0.1, 0.15) is 4.99 Å². The van der Waals surface area contributed by atoms with Crippen LogP contribution in [-0.4, -0.2) is 29.0 Å². The molecular formula is C26H28N2S2. The molecule has 154 valence electrons. The summed E-state index contributed by atoms with van der Waals surface area (Å²) in [7, 11) is 0. The Kier molecular flexibility index (Phi) is 5.72. The van der Waals surface area contributed by atoms with Crippen molar-refractivity contribution in [2.75, 3.05) is 18.4 Å². The summed E-state index contributed by atoms with van der Waals surface area (Å²) in [6, 6.07) is 15.8. The van der Waals surface area contributed by atoms with Gasteiger partial charge in [-0.05, 0) is 79.9 Å². The van der Waals surface area contributed by atoms with Crippen LogP contribution < -0.4 is 5.32 Å². The van der Waals surface area contributed by atoms with Crippen LogP contribution in [0.15, 0.2) is 53.9 Å². The van der Waals surface area contributed by atoms with E-state index in [1.54, 1.807) is 0 Å². The van der Waals surface area contributed by atoms with Crippen LogP contribution in [0, 0.1) is 6.92 Å². The average Bonchev–Trinajstić information content (AvgIpc) is 3.05. The van der Waals surface area contributed by atoms with E-state index in [2.05, 4.69) is 71.1 Å². The first-order valence-electron chi connectivity index (χ1n) is 11.0. The fourth-order valence-electron chi connectivity index (χ4n) is 4.87. The molecule has 0 amide bonds. The topological polar surface area (TPSA) is 15.3 Å². The van der Waals surface area contributed by atoms with Crippen molar-refractivity contribution < 1.29 is 0 Å². The normalized spacial score (nSPS) is 19.8. The van der Waals surface area contributed by atoms with Crippen molar-refractivity contribution in [1.29, 1.82) is 0 Å². The van der Waals surface area contributed by atoms with Crippen molar-refractivity contribution in [3.63, 3.8) is 0 Å². The maximum atomic E-state index is 5.67. The van der Waals surface area contributed by atoms with Crippen LogP contribution in [0.25, 0.3) is 15.7 Å². The van der Waals surface area contributed by atoms with E-state index in [1.165, 1.54) is 65.4 Å². The Labute approximate surface area is 188 Å². The second-order valence-electron chi connectivity index (χ2n) is 8.60. The summed E-state index contributed by atoms with van der Waals surface area (Å²) in [5, 5.41) is 7.16. The number of benzene rings is 2. The first-order chi connectivity index (χ1) is 14.7. The number of fused-ring (bicyclic) bond motifs is 2. The van der Waals surface area contributed by atoms with Gasteiger partial charge in [-0.2, -0.15) is 0 Å². The summed E-state index contributed by atoms with van der Waals surface area (Å²) in [6.45, 7) is 4.47. The van der Waals surface area contributed by atoms with Gasteiger partial charge in [0.2, 0.25) is 0 Å². The minimum absolute atomic E-state index is 0.778. The third-order valence-corrected chi connectivity index (χ3v) is 7.83. The van der Waals surface area contributed by atoms with Crippen molar-refractivity contribution in [2.45, 2.75) is 45.1 Å². The van der Waals surface area contributed by atoms with Crippen LogP contribution in [0.3, 0.4) is 0 Å². The second kappa shape index (κ2) is 8.62. The van der Waals surface area contributed by atoms with E-state index in [4.69, 9.17) is 12.2 Å². The van der Waals surface area contributed by atoms with E-state index in [0.29, 0.717) is 0 Å². The number of hydrogen-bond acceptors (Lipinski definition) is 3. The maximum Gasteiger partial charge on any atom is 0.110 e. The van der Waals surface area contributed by atoms with Crippen molar-refractivity contribution >= 4 is 49.9 Å². The number of rotatable bonds is 3. The Balaban J connectivity index is 1.40. The standard InChI is InChI=1S/C26H28N2S2/c1-18-5-4-6-20(15-18)26(29)27-21-9-11-25-23(16-21)24(17-30-25)19-8-10-22-7-2-3-13-28(22)14-12-19/h4-6,9,11-12,15-17,22H,2-3,7-8,10,13-14H2,1H3,(H,27,29). The van der Waals surface area contributed by atoms with Crippen LogP contribution in [0.5, 0.6) is 0 Å². The molecule has 3 heterocycles. The number of nitrogens with one attached hydrogen (secondary N) is 1. The SMILES string of the molecule is Cc1cccc(C(=S)Nc2ccc3scc(C4=CCN5CCCCC5CC4)c3c2)c1. The van der Waals surface area contributed by atoms with Gasteiger partial charge < -0.3 is 5.32 Å². The van der Waals surface area contributed by atoms with E-state index >= 15 is 0 Å². The highest BCUT2D eigenvalue weighted by Crippen LogP contribution is 2.37. The van der Waals surface area contributed by atoms with Crippen LogP contribution >= 0.6 is 23.6 Å². The van der Waals surface area contributed by atoms with Crippen molar-refractivity contribution in [3.05, 3.63) is 70.6 Å². The van der Waals surface area contributed by atoms with Gasteiger partial charge in [0, 0.05) is 33.9 Å². The number of nitrogens with zero attached hydrogens (tertiary/aromatic N) is 1. The molecule has 2 aromatic carbocycles. The van der Waals surface area contributed by atoms with Crippen LogP contribution in [-0.2, 0) is 0 Å². The molecule has 2 nitrogen and oxygen atoms in total. The summed E-state index contributed by atoms with van der Waals surface area (Å²) in [5.74, 6) is 0. The van der Waals surface area contributed by atoms with Gasteiger partial charge in [-0.25, -0.2) is 0 Å². The highest BCUT2D eigenvalue weighted by atomic mass is 32.1. The fourth-order valence-corrected chi connectivity index (χ4v) is 6.08. The van der Waals surface area contributed by atoms with E-state index in [-0.39, 0.29) is 0 Å². The molecule has 0 aliphatic carbocycles. The Hall–Kier alpha value is -2.01. The first kappa shape index (κ1) is 19.9. The number of allylic oxidation sites excluding steroid dienone is 1. The van der Waals surface area contributed by atoms with E-state index < -0.39 is 0 Å². The quantitative estimate of drug-likeness (QED) is 0.447. The predicted molar refractivity (Wildman–Crippen MR) is 135 cm³/mol. The van der Waals surface area contributed by atoms with Crippen molar-refractivity contribution in [1.82, 2.24) is 4.90 Å². The summed E-state index contributed by atoms with van der Waals surface area (Å²) in [6.07, 6.45) is 9.09. The molecule has 1 atom stereocenters. The molecule has 2 aliphatic heterocycles. The van der Waals surface area contributed by atoms with Crippen molar-refractivity contribution in [3.8, 4) is 0 Å². The fraction of sp³-hybridized carbons (Fsp3) is 0.346. The van der Waals surface area contributed by atoms with Crippen LogP contribution in [0.4, 0.5) is 5.69 Å². The zero-order valence-electron chi connectivity index (χ0n) is 17.5. The Morgan fingerprint density at radius 2 is 2.07 bits per heavy atom. The Morgan fingerprint density at radius 1 is 1.13 bits per heavy atom. The minimum Gasteiger partial charge on any atom is -0.346 e. The molecule has 0 spiro atoms. The lowest BCUT2D eigenvalue weighted by Crippen LogP contribution is -2.38. The third-order valence-electron chi connectivity index (χ3n) is 6.53. The largest absolute Gasteiger partial charge is 0.346 e. The van der Waals surface area contributed by atoms with E-state index in [9.17, 15) is 0 Å². The highest BCUT2D eigenvalue weighted by molar-refractivity contribution is 7.81. The second-order valence-corrected chi connectivity index (χ2v) is 9.92. The molecule has 1 fully saturated rings. The molecule has 30 heavy (non-hydrogen) atoms. The zero-order chi connectivity index (χ0) is 20.5. The third kappa shape index (κ3) is 4.09. The molecule has 0 radical (unpaired) electrons. The molecule has 1 unspecified atom stereocenters. The smallest absolute Gasteiger partial charge is 0.110 e. The number of hydrogen-bond donors (Lipinski definition) is 1. The van der Waals surface area contributed by atoms with Crippen LogP contribution in [0.2, 0.25) is 0 Å². The van der Waals surface area contributed by atoms with Gasteiger partial charge in [0.05, 0.1) is 0 Å². The lowest BCUT2D eigenvalue weighted by atomic mass is 9.95. The van der Waals surface area contributed by atoms with Gasteiger partial charge in [-0.15, -0.1) is 11.3 Å². The zero-order valence-corrected chi connectivity index (χ0v) is 19.1. The molecule has 5 rings (SSSR count). The summed E-state index contributed by atoms with van der Waals surface area (Å²) in [4.78, 5) is 3.47. The molecule has 3 aromatic rings. The number of anilines is 1. The van der Waals surface area contributed by atoms with Gasteiger partial charge in [-0.3, -0.25) is 4.90 Å². The Morgan fingerprint density at radius 3 is 2.97 bits per heavy atom. The molecule has 0 bridgehead atoms. The Bertz CT molecular complexity index is 1110. The lowest BCUT2D eigenvalue weighted by molar-refractivity contribution is 0.161. The van der Waals surface area contributed by atoms with Gasteiger partial charge in [-0.1, -0.05) is 48.5 Å². The molecule has 2 aliphatic rings. The van der Waals surface area contributed by atoms with Crippen LogP contribution in [0.1, 0.15) is 48.8 Å². The monoisotopic (exact) mass is 432 g/mol. The predicted octanol–water partition coefficient (Wildman–Crippen LogP) is 7.03. The lowest BCUT2D eigenvalue weighted by Gasteiger charge is -2.33. The summed E-state index contributed by atoms with van der Waals surface area (Å²) >= 11 is 7.52. The molecule has 4 heteroatoms. The number of thiocarbonyl (C=S) groups is 1. The number of thiophene rings is 1. The number of piperidine rings is 1.